The van der Waals surface area contributed by atoms with Gasteiger partial charge in [0.05, 0.1) is 4.90 Å². The van der Waals surface area contributed by atoms with Crippen molar-refractivity contribution in [3.63, 3.8) is 0 Å². The highest BCUT2D eigenvalue weighted by Gasteiger charge is 2.38. The molecular formula is C16H26N2O2S. The molecule has 4 nitrogen and oxygen atoms in total. The van der Waals surface area contributed by atoms with E-state index in [0.29, 0.717) is 10.9 Å². The summed E-state index contributed by atoms with van der Waals surface area (Å²) in [5.74, 6) is 0. The van der Waals surface area contributed by atoms with Crippen LogP contribution in [0.15, 0.2) is 29.2 Å². The van der Waals surface area contributed by atoms with Crippen molar-refractivity contribution in [3.8, 4) is 0 Å². The van der Waals surface area contributed by atoms with Gasteiger partial charge in [-0.2, -0.15) is 0 Å². The van der Waals surface area contributed by atoms with Crippen LogP contribution in [0.4, 0.5) is 0 Å². The predicted molar refractivity (Wildman–Crippen MR) is 85.6 cm³/mol. The number of hydrogen-bond donors (Lipinski definition) is 2. The molecule has 2 N–H and O–H groups in total. The highest BCUT2D eigenvalue weighted by Crippen LogP contribution is 2.36. The number of sulfonamides is 1. The quantitative estimate of drug-likeness (QED) is 0.814. The minimum atomic E-state index is -3.41. The highest BCUT2D eigenvalue weighted by molar-refractivity contribution is 7.89. The van der Waals surface area contributed by atoms with Gasteiger partial charge in [0.1, 0.15) is 0 Å². The summed E-state index contributed by atoms with van der Waals surface area (Å²) >= 11 is 0. The molecule has 1 saturated carbocycles. The molecule has 0 atom stereocenters. The van der Waals surface area contributed by atoms with Crippen LogP contribution in [0.25, 0.3) is 0 Å². The molecule has 0 bridgehead atoms. The van der Waals surface area contributed by atoms with Crippen LogP contribution in [0.1, 0.15) is 52.0 Å². The van der Waals surface area contributed by atoms with Gasteiger partial charge in [0.25, 0.3) is 0 Å². The Bertz CT molecular complexity index is 555. The fourth-order valence-electron chi connectivity index (χ4n) is 2.58. The Morgan fingerprint density at radius 2 is 1.81 bits per heavy atom. The van der Waals surface area contributed by atoms with E-state index < -0.39 is 10.0 Å². The monoisotopic (exact) mass is 310 g/mol. The molecule has 0 heterocycles. The zero-order chi connectivity index (χ0) is 15.5. The molecule has 1 aromatic carbocycles. The van der Waals surface area contributed by atoms with Gasteiger partial charge in [-0.15, -0.1) is 0 Å². The Morgan fingerprint density at radius 3 is 2.24 bits per heavy atom. The van der Waals surface area contributed by atoms with Crippen molar-refractivity contribution < 1.29 is 8.42 Å². The van der Waals surface area contributed by atoms with Crippen molar-refractivity contribution in [3.05, 3.63) is 29.8 Å². The second kappa shape index (κ2) is 6.46. The first kappa shape index (κ1) is 16.5. The summed E-state index contributed by atoms with van der Waals surface area (Å²) in [6.07, 6.45) is 3.84. The molecule has 0 unspecified atom stereocenters. The highest BCUT2D eigenvalue weighted by atomic mass is 32.2. The van der Waals surface area contributed by atoms with E-state index in [4.69, 9.17) is 0 Å². The lowest BCUT2D eigenvalue weighted by molar-refractivity contribution is 0.214. The molecule has 0 saturated heterocycles. The Labute approximate surface area is 128 Å². The van der Waals surface area contributed by atoms with Crippen LogP contribution < -0.4 is 10.0 Å². The van der Waals surface area contributed by atoms with Gasteiger partial charge in [0.2, 0.25) is 10.0 Å². The summed E-state index contributed by atoms with van der Waals surface area (Å²) < 4.78 is 27.8. The fourth-order valence-corrected chi connectivity index (χ4v) is 4.11. The average molecular weight is 310 g/mol. The first-order chi connectivity index (χ1) is 9.87. The third-order valence-electron chi connectivity index (χ3n) is 4.29. The Balaban J connectivity index is 2.06. The van der Waals surface area contributed by atoms with Crippen LogP contribution in [0.2, 0.25) is 0 Å². The molecule has 5 heteroatoms. The molecule has 0 aliphatic heterocycles. The maximum Gasteiger partial charge on any atom is 0.241 e. The van der Waals surface area contributed by atoms with E-state index in [-0.39, 0.29) is 5.54 Å². The van der Waals surface area contributed by atoms with Gasteiger partial charge in [0.15, 0.2) is 0 Å². The van der Waals surface area contributed by atoms with Gasteiger partial charge in [0, 0.05) is 18.1 Å². The normalized spacial score (nSPS) is 17.7. The molecule has 0 aromatic heterocycles. The van der Waals surface area contributed by atoms with Crippen molar-refractivity contribution in [2.24, 2.45) is 0 Å². The minimum absolute atomic E-state index is 0.212. The van der Waals surface area contributed by atoms with Crippen LogP contribution >= 0.6 is 0 Å². The van der Waals surface area contributed by atoms with Gasteiger partial charge in [-0.1, -0.05) is 32.9 Å². The van der Waals surface area contributed by atoms with Gasteiger partial charge in [-0.3, -0.25) is 0 Å². The molecule has 1 fully saturated rings. The maximum atomic E-state index is 12.5. The number of hydrogen-bond acceptors (Lipinski definition) is 3. The molecule has 1 aliphatic carbocycles. The van der Waals surface area contributed by atoms with Crippen LogP contribution in [0.5, 0.6) is 0 Å². The second-order valence-electron chi connectivity index (χ2n) is 6.27. The lowest BCUT2D eigenvalue weighted by atomic mass is 9.76. The number of nitrogens with one attached hydrogen (secondary N) is 2. The number of benzene rings is 1. The Hall–Kier alpha value is -0.910. The molecule has 21 heavy (non-hydrogen) atoms. The van der Waals surface area contributed by atoms with E-state index >= 15 is 0 Å². The summed E-state index contributed by atoms with van der Waals surface area (Å²) in [6.45, 7) is 6.98. The lowest BCUT2D eigenvalue weighted by Gasteiger charge is -2.41. The zero-order valence-electron chi connectivity index (χ0n) is 13.1. The van der Waals surface area contributed by atoms with Crippen LogP contribution in [0, 0.1) is 0 Å². The van der Waals surface area contributed by atoms with Crippen LogP contribution in [-0.2, 0) is 16.6 Å². The standard InChI is InChI=1S/C16H26N2O2S/c1-4-16(10-5-11-16)18-21(19,20)15-8-6-14(7-9-15)12-17-13(2)3/h6-9,13,17-18H,4-5,10-12H2,1-3H3. The van der Waals surface area contributed by atoms with Gasteiger partial charge < -0.3 is 5.32 Å². The van der Waals surface area contributed by atoms with Crippen molar-refractivity contribution in [1.82, 2.24) is 10.0 Å². The zero-order valence-corrected chi connectivity index (χ0v) is 14.0. The van der Waals surface area contributed by atoms with E-state index in [0.717, 1.165) is 37.8 Å². The summed E-state index contributed by atoms with van der Waals surface area (Å²) in [7, 11) is -3.41. The van der Waals surface area contributed by atoms with E-state index in [1.807, 2.05) is 19.1 Å². The predicted octanol–water partition coefficient (Wildman–Crippen LogP) is 2.80. The van der Waals surface area contributed by atoms with E-state index in [2.05, 4.69) is 23.9 Å². The van der Waals surface area contributed by atoms with E-state index in [1.165, 1.54) is 0 Å². The third kappa shape index (κ3) is 4.05. The van der Waals surface area contributed by atoms with E-state index in [1.54, 1.807) is 12.1 Å². The molecule has 0 radical (unpaired) electrons. The Kier molecular flexibility index (Phi) is 5.07. The first-order valence-corrected chi connectivity index (χ1v) is 9.21. The van der Waals surface area contributed by atoms with Crippen LogP contribution in [0.3, 0.4) is 0 Å². The lowest BCUT2D eigenvalue weighted by Crippen LogP contribution is -2.52. The van der Waals surface area contributed by atoms with Crippen molar-refractivity contribution in [2.45, 2.75) is 69.5 Å². The largest absolute Gasteiger partial charge is 0.310 e. The van der Waals surface area contributed by atoms with Gasteiger partial charge in [-0.25, -0.2) is 13.1 Å². The first-order valence-electron chi connectivity index (χ1n) is 7.73. The summed E-state index contributed by atoms with van der Waals surface area (Å²) in [5.41, 5.74) is 0.882. The van der Waals surface area contributed by atoms with Gasteiger partial charge in [-0.05, 0) is 43.4 Å². The summed E-state index contributed by atoms with van der Waals surface area (Å²) in [6, 6.07) is 7.56. The van der Waals surface area contributed by atoms with Crippen molar-refractivity contribution >= 4 is 10.0 Å². The minimum Gasteiger partial charge on any atom is -0.310 e. The SMILES string of the molecule is CCC1(NS(=O)(=O)c2ccc(CNC(C)C)cc2)CCC1. The molecule has 2 rings (SSSR count). The molecule has 0 amide bonds. The summed E-state index contributed by atoms with van der Waals surface area (Å²) in [5, 5.41) is 3.32. The van der Waals surface area contributed by atoms with Crippen molar-refractivity contribution in [1.29, 1.82) is 0 Å². The van der Waals surface area contributed by atoms with E-state index in [9.17, 15) is 8.42 Å². The van der Waals surface area contributed by atoms with Gasteiger partial charge >= 0.3 is 0 Å². The second-order valence-corrected chi connectivity index (χ2v) is 7.95. The molecule has 1 aliphatic rings. The molecule has 118 valence electrons. The fraction of sp³-hybridized carbons (Fsp3) is 0.625. The molecular weight excluding hydrogens is 284 g/mol. The van der Waals surface area contributed by atoms with Crippen LogP contribution in [-0.4, -0.2) is 20.0 Å². The number of rotatable bonds is 7. The maximum absolute atomic E-state index is 12.5. The molecule has 0 spiro atoms. The topological polar surface area (TPSA) is 58.2 Å². The smallest absolute Gasteiger partial charge is 0.241 e. The summed E-state index contributed by atoms with van der Waals surface area (Å²) in [4.78, 5) is 0.357. The molecule has 1 aromatic rings. The average Bonchev–Trinajstić information content (AvgIpc) is 2.41. The Morgan fingerprint density at radius 1 is 1.19 bits per heavy atom. The van der Waals surface area contributed by atoms with Crippen molar-refractivity contribution in [2.75, 3.05) is 0 Å². The third-order valence-corrected chi connectivity index (χ3v) is 5.88.